The van der Waals surface area contributed by atoms with Gasteiger partial charge in [-0.25, -0.2) is 12.8 Å². The smallest absolute Gasteiger partial charge is 0.231 e. The van der Waals surface area contributed by atoms with Crippen molar-refractivity contribution in [3.63, 3.8) is 0 Å². The number of fused-ring (bicyclic) bond motifs is 2. The first-order valence-electron chi connectivity index (χ1n) is 7.74. The highest BCUT2D eigenvalue weighted by Crippen LogP contribution is 2.44. The van der Waals surface area contributed by atoms with Gasteiger partial charge < -0.3 is 13.9 Å². The molecule has 0 spiro atoms. The molecule has 0 aliphatic carbocycles. The minimum absolute atomic E-state index is 0.0824. The second-order valence-electron chi connectivity index (χ2n) is 6.06. The van der Waals surface area contributed by atoms with Crippen LogP contribution in [0.25, 0.3) is 22.3 Å². The number of ether oxygens (including phenoxy) is 2. The van der Waals surface area contributed by atoms with Gasteiger partial charge in [-0.05, 0) is 44.2 Å². The summed E-state index contributed by atoms with van der Waals surface area (Å²) in [4.78, 5) is 0.0856. The Hall–Kier alpha value is -2.54. The standard InChI is InChI=1S/C18H15FO5S/c1-10(2)25(20,21)18-13-7-15-16(23-9-22-15)8-14(13)24-17(18)11-3-5-12(19)6-4-11/h3-8,10H,9H2,1-2H3. The van der Waals surface area contributed by atoms with E-state index in [1.54, 1.807) is 26.0 Å². The number of benzene rings is 2. The SMILES string of the molecule is CC(C)S(=O)(=O)c1c(-c2ccc(F)cc2)oc2cc3c(cc12)OCO3. The van der Waals surface area contributed by atoms with E-state index in [1.165, 1.54) is 24.3 Å². The van der Waals surface area contributed by atoms with E-state index in [0.717, 1.165) is 0 Å². The van der Waals surface area contributed by atoms with Crippen LogP contribution in [0.15, 0.2) is 45.7 Å². The van der Waals surface area contributed by atoms with Crippen molar-refractivity contribution in [3.8, 4) is 22.8 Å². The minimum atomic E-state index is -3.65. The lowest BCUT2D eigenvalue weighted by Gasteiger charge is -2.09. The van der Waals surface area contributed by atoms with E-state index in [4.69, 9.17) is 13.9 Å². The molecule has 0 unspecified atom stereocenters. The Balaban J connectivity index is 2.06. The zero-order chi connectivity index (χ0) is 17.8. The Labute approximate surface area is 143 Å². The summed E-state index contributed by atoms with van der Waals surface area (Å²) in [5.41, 5.74) is 0.863. The maximum atomic E-state index is 13.2. The average Bonchev–Trinajstić information content (AvgIpc) is 3.16. The molecule has 5 nitrogen and oxygen atoms in total. The van der Waals surface area contributed by atoms with Crippen LogP contribution in [-0.2, 0) is 9.84 Å². The highest BCUT2D eigenvalue weighted by molar-refractivity contribution is 7.92. The Morgan fingerprint density at radius 3 is 2.32 bits per heavy atom. The van der Waals surface area contributed by atoms with E-state index in [1.807, 2.05) is 0 Å². The van der Waals surface area contributed by atoms with Gasteiger partial charge in [-0.1, -0.05) is 0 Å². The molecule has 0 amide bonds. The molecule has 25 heavy (non-hydrogen) atoms. The van der Waals surface area contributed by atoms with Crippen LogP contribution >= 0.6 is 0 Å². The number of halogens is 1. The molecule has 0 N–H and O–H groups in total. The zero-order valence-electron chi connectivity index (χ0n) is 13.6. The number of hydrogen-bond acceptors (Lipinski definition) is 5. The van der Waals surface area contributed by atoms with Crippen LogP contribution in [0.3, 0.4) is 0 Å². The molecule has 0 fully saturated rings. The average molecular weight is 362 g/mol. The van der Waals surface area contributed by atoms with E-state index in [2.05, 4.69) is 0 Å². The summed E-state index contributed by atoms with van der Waals surface area (Å²) < 4.78 is 55.7. The van der Waals surface area contributed by atoms with E-state index in [-0.39, 0.29) is 17.4 Å². The highest BCUT2D eigenvalue weighted by Gasteiger charge is 2.31. The number of sulfone groups is 1. The first kappa shape index (κ1) is 16.0. The molecule has 1 aliphatic rings. The summed E-state index contributed by atoms with van der Waals surface area (Å²) in [6.07, 6.45) is 0. The molecule has 1 aliphatic heterocycles. The highest BCUT2D eigenvalue weighted by atomic mass is 32.2. The number of furan rings is 1. The van der Waals surface area contributed by atoms with Crippen LogP contribution in [0.2, 0.25) is 0 Å². The van der Waals surface area contributed by atoms with Gasteiger partial charge in [-0.2, -0.15) is 0 Å². The molecule has 0 radical (unpaired) electrons. The van der Waals surface area contributed by atoms with Crippen molar-refractivity contribution in [1.29, 1.82) is 0 Å². The summed E-state index contributed by atoms with van der Waals surface area (Å²) in [5, 5.41) is -0.213. The van der Waals surface area contributed by atoms with E-state index >= 15 is 0 Å². The van der Waals surface area contributed by atoms with Gasteiger partial charge in [0.1, 0.15) is 16.3 Å². The fourth-order valence-corrected chi connectivity index (χ4v) is 4.13. The third kappa shape index (κ3) is 2.46. The van der Waals surface area contributed by atoms with Gasteiger partial charge in [-0.15, -0.1) is 0 Å². The van der Waals surface area contributed by atoms with Gasteiger partial charge in [0.15, 0.2) is 27.1 Å². The Bertz CT molecular complexity index is 1070. The third-order valence-corrected chi connectivity index (χ3v) is 6.36. The fraction of sp³-hybridized carbons (Fsp3) is 0.222. The molecule has 4 rings (SSSR count). The molecule has 7 heteroatoms. The first-order valence-corrected chi connectivity index (χ1v) is 9.28. The maximum Gasteiger partial charge on any atom is 0.231 e. The molecule has 3 aromatic rings. The predicted octanol–water partition coefficient (Wildman–Crippen LogP) is 4.15. The van der Waals surface area contributed by atoms with E-state index < -0.39 is 20.9 Å². The van der Waals surface area contributed by atoms with Crippen molar-refractivity contribution in [2.75, 3.05) is 6.79 Å². The Morgan fingerprint density at radius 1 is 1.04 bits per heavy atom. The van der Waals surface area contributed by atoms with Crippen molar-refractivity contribution in [3.05, 3.63) is 42.2 Å². The van der Waals surface area contributed by atoms with Crippen molar-refractivity contribution in [2.45, 2.75) is 24.0 Å². The largest absolute Gasteiger partial charge is 0.455 e. The first-order chi connectivity index (χ1) is 11.9. The quantitative estimate of drug-likeness (QED) is 0.700. The number of rotatable bonds is 3. The van der Waals surface area contributed by atoms with Crippen molar-refractivity contribution >= 4 is 20.8 Å². The minimum Gasteiger partial charge on any atom is -0.455 e. The van der Waals surface area contributed by atoms with E-state index in [0.29, 0.717) is 28.0 Å². The van der Waals surface area contributed by atoms with Crippen molar-refractivity contribution < 1.29 is 26.7 Å². The molecule has 0 atom stereocenters. The van der Waals surface area contributed by atoms with Crippen LogP contribution < -0.4 is 9.47 Å². The maximum absolute atomic E-state index is 13.2. The van der Waals surface area contributed by atoms with Gasteiger partial charge in [0.05, 0.1) is 5.25 Å². The van der Waals surface area contributed by atoms with Gasteiger partial charge in [0.2, 0.25) is 6.79 Å². The van der Waals surface area contributed by atoms with Gasteiger partial charge >= 0.3 is 0 Å². The third-order valence-electron chi connectivity index (χ3n) is 4.15. The van der Waals surface area contributed by atoms with Gasteiger partial charge in [-0.3, -0.25) is 0 Å². The molecule has 2 heterocycles. The predicted molar refractivity (Wildman–Crippen MR) is 90.1 cm³/mol. The molecule has 1 aromatic heterocycles. The molecule has 130 valence electrons. The molecule has 2 aromatic carbocycles. The summed E-state index contributed by atoms with van der Waals surface area (Å²) >= 11 is 0. The normalized spacial score (nSPS) is 13.8. The zero-order valence-corrected chi connectivity index (χ0v) is 14.4. The fourth-order valence-electron chi connectivity index (χ4n) is 2.77. The number of hydrogen-bond donors (Lipinski definition) is 0. The Kier molecular flexibility index (Phi) is 3.50. The monoisotopic (exact) mass is 362 g/mol. The van der Waals surface area contributed by atoms with Crippen LogP contribution in [0, 0.1) is 5.82 Å². The van der Waals surface area contributed by atoms with E-state index in [9.17, 15) is 12.8 Å². The summed E-state index contributed by atoms with van der Waals surface area (Å²) in [6.45, 7) is 3.30. The van der Waals surface area contributed by atoms with Crippen LogP contribution in [0.4, 0.5) is 4.39 Å². The van der Waals surface area contributed by atoms with Crippen molar-refractivity contribution in [2.24, 2.45) is 0 Å². The summed E-state index contributed by atoms with van der Waals surface area (Å²) in [6, 6.07) is 8.74. The van der Waals surface area contributed by atoms with Gasteiger partial charge in [0, 0.05) is 17.0 Å². The Morgan fingerprint density at radius 2 is 1.68 bits per heavy atom. The summed E-state index contributed by atoms with van der Waals surface area (Å²) in [5.74, 6) is 0.751. The molecule has 0 saturated carbocycles. The lowest BCUT2D eigenvalue weighted by Crippen LogP contribution is -2.14. The molecular weight excluding hydrogens is 347 g/mol. The topological polar surface area (TPSA) is 65.7 Å². The van der Waals surface area contributed by atoms with Crippen LogP contribution in [-0.4, -0.2) is 20.5 Å². The molecule has 0 saturated heterocycles. The summed E-state index contributed by atoms with van der Waals surface area (Å²) in [7, 11) is -3.65. The second-order valence-corrected chi connectivity index (χ2v) is 8.50. The van der Waals surface area contributed by atoms with Crippen LogP contribution in [0.1, 0.15) is 13.8 Å². The van der Waals surface area contributed by atoms with Gasteiger partial charge in [0.25, 0.3) is 0 Å². The lowest BCUT2D eigenvalue weighted by molar-refractivity contribution is 0.174. The van der Waals surface area contributed by atoms with Crippen molar-refractivity contribution in [1.82, 2.24) is 0 Å². The van der Waals surface area contributed by atoms with Crippen LogP contribution in [0.5, 0.6) is 11.5 Å². The molecule has 0 bridgehead atoms. The lowest BCUT2D eigenvalue weighted by atomic mass is 10.1. The molecular formula is C18H15FO5S. The second kappa shape index (κ2) is 5.49.